The van der Waals surface area contributed by atoms with E-state index in [0.717, 1.165) is 0 Å². The molecule has 1 atom stereocenters. The van der Waals surface area contributed by atoms with Crippen LogP contribution in [0.15, 0.2) is 84.9 Å². The van der Waals surface area contributed by atoms with E-state index in [-0.39, 0.29) is 0 Å². The van der Waals surface area contributed by atoms with E-state index in [1.54, 1.807) is 21.6 Å². The summed E-state index contributed by atoms with van der Waals surface area (Å²) in [6, 6.07) is 32.9. The molecule has 2 aliphatic rings. The second-order valence-corrected chi connectivity index (χ2v) is 18.0. The first kappa shape index (κ1) is 23.1. The summed E-state index contributed by atoms with van der Waals surface area (Å²) < 4.78 is 0. The largest absolute Gasteiger partial charge is 0.302 e. The van der Waals surface area contributed by atoms with Crippen molar-refractivity contribution in [2.75, 3.05) is 29.9 Å². The van der Waals surface area contributed by atoms with E-state index in [1.165, 1.54) is 57.1 Å². The van der Waals surface area contributed by atoms with Crippen LogP contribution in [-0.2, 0) is 0 Å². The number of benzene rings is 3. The molecule has 1 fully saturated rings. The summed E-state index contributed by atoms with van der Waals surface area (Å²) in [5.41, 5.74) is 2.22. The summed E-state index contributed by atoms with van der Waals surface area (Å²) in [4.78, 5) is 2.94. The maximum Gasteiger partial charge on any atom is 0.254 e. The van der Waals surface area contributed by atoms with Crippen LogP contribution in [0.3, 0.4) is 0 Å². The minimum absolute atomic E-state index is 0.680. The zero-order valence-corrected chi connectivity index (χ0v) is 22.2. The molecule has 5 rings (SSSR count). The Balaban J connectivity index is 1.83. The van der Waals surface area contributed by atoms with E-state index < -0.39 is 14.5 Å². The van der Waals surface area contributed by atoms with E-state index in [2.05, 4.69) is 104 Å². The lowest BCUT2D eigenvalue weighted by Crippen LogP contribution is -2.47. The summed E-state index contributed by atoms with van der Waals surface area (Å²) in [7, 11) is -2.99. The van der Waals surface area contributed by atoms with E-state index in [4.69, 9.17) is 0 Å². The van der Waals surface area contributed by atoms with Gasteiger partial charge in [0.1, 0.15) is 15.9 Å². The Bertz CT molecular complexity index is 1000. The smallest absolute Gasteiger partial charge is 0.254 e. The highest BCUT2D eigenvalue weighted by Crippen LogP contribution is 2.84. The lowest BCUT2D eigenvalue weighted by Gasteiger charge is -2.44. The fraction of sp³-hybridized carbons (Fsp3) is 0.400. The molecule has 1 nitrogen and oxygen atoms in total. The van der Waals surface area contributed by atoms with E-state index in [9.17, 15) is 0 Å². The molecule has 0 spiro atoms. The Hall–Kier alpha value is -1.68. The van der Waals surface area contributed by atoms with Crippen LogP contribution < -0.4 is 20.8 Å². The molecule has 3 heteroatoms. The average Bonchev–Trinajstić information content (AvgIpc) is 3.20. The highest BCUT2D eigenvalue weighted by atomic mass is 31.2. The summed E-state index contributed by atoms with van der Waals surface area (Å²) in [6.07, 6.45) is 11.2. The van der Waals surface area contributed by atoms with Crippen molar-refractivity contribution in [1.29, 1.82) is 0 Å². The second-order valence-electron chi connectivity index (χ2n) is 9.87. The van der Waals surface area contributed by atoms with Crippen molar-refractivity contribution in [3.63, 3.8) is 0 Å². The molecule has 0 N–H and O–H groups in total. The van der Waals surface area contributed by atoms with Gasteiger partial charge in [0.25, 0.3) is 5.52 Å². The van der Waals surface area contributed by atoms with Crippen LogP contribution in [0.2, 0.25) is 0 Å². The number of hydrogen-bond acceptors (Lipinski definition) is 1. The highest BCUT2D eigenvalue weighted by molar-refractivity contribution is 8.05. The summed E-state index contributed by atoms with van der Waals surface area (Å²) in [5, 5.41) is 4.83. The molecule has 1 saturated heterocycles. The molecule has 0 saturated carbocycles. The van der Waals surface area contributed by atoms with Gasteiger partial charge in [-0.05, 0) is 55.7 Å². The molecule has 3 aromatic rings. The number of hydrogen-bond donors (Lipinski definition) is 0. The number of rotatable bonds is 8. The highest BCUT2D eigenvalue weighted by Gasteiger charge is 2.72. The number of nitrogens with zero attached hydrogens (tertiary/aromatic N) is 1. The van der Waals surface area contributed by atoms with Gasteiger partial charge in [-0.2, -0.15) is 0 Å². The third-order valence-electron chi connectivity index (χ3n) is 7.93. The molecule has 3 aromatic carbocycles. The summed E-state index contributed by atoms with van der Waals surface area (Å²) in [5.74, 6) is 0. The van der Waals surface area contributed by atoms with Gasteiger partial charge in [-0.15, -0.1) is 0 Å². The van der Waals surface area contributed by atoms with Crippen molar-refractivity contribution < 1.29 is 0 Å². The van der Waals surface area contributed by atoms with E-state index in [1.807, 2.05) is 0 Å². The Labute approximate surface area is 202 Å². The van der Waals surface area contributed by atoms with Gasteiger partial charge >= 0.3 is 0 Å². The van der Waals surface area contributed by atoms with Gasteiger partial charge in [-0.3, -0.25) is 0 Å². The molecule has 33 heavy (non-hydrogen) atoms. The van der Waals surface area contributed by atoms with Crippen molar-refractivity contribution >= 4 is 36.1 Å². The zero-order chi connectivity index (χ0) is 22.7. The van der Waals surface area contributed by atoms with Gasteiger partial charge < -0.3 is 4.90 Å². The molecule has 0 aliphatic carbocycles. The minimum Gasteiger partial charge on any atom is -0.302 e. The van der Waals surface area contributed by atoms with Crippen LogP contribution in [0.25, 0.3) is 0 Å². The van der Waals surface area contributed by atoms with E-state index >= 15 is 0 Å². The molecular formula is C30H39NP2+2. The van der Waals surface area contributed by atoms with Crippen LogP contribution in [0.5, 0.6) is 0 Å². The van der Waals surface area contributed by atoms with Crippen LogP contribution >= 0.6 is 14.5 Å². The zero-order valence-electron chi connectivity index (χ0n) is 20.4. The van der Waals surface area contributed by atoms with Crippen molar-refractivity contribution in [3.05, 3.63) is 84.9 Å². The fourth-order valence-corrected chi connectivity index (χ4v) is 21.0. The normalized spacial score (nSPS) is 20.3. The lowest BCUT2D eigenvalue weighted by atomic mass is 10.3. The molecule has 2 heterocycles. The van der Waals surface area contributed by atoms with Crippen LogP contribution in [0.1, 0.15) is 46.0 Å². The Morgan fingerprint density at radius 3 is 1.85 bits per heavy atom. The van der Waals surface area contributed by atoms with Crippen LogP contribution in [-0.4, -0.2) is 30.6 Å². The van der Waals surface area contributed by atoms with Gasteiger partial charge in [-0.25, -0.2) is 0 Å². The molecule has 0 bridgehead atoms. The average molecular weight is 476 g/mol. The molecule has 172 valence electrons. The monoisotopic (exact) mass is 475 g/mol. The predicted octanol–water partition coefficient (Wildman–Crippen LogP) is 7.11. The molecule has 0 unspecified atom stereocenters. The van der Waals surface area contributed by atoms with Gasteiger partial charge in [-0.1, -0.05) is 75.2 Å². The standard InChI is InChI=1S/C30H39NP2/c1-3-5-23-32(24-6-4-2)25-15-22-31-28-20-13-14-21-29(28)33(30(31)32,26-16-9-7-10-17-26)27-18-11-8-12-19-27/h7-14,16-21,30H,3-6,15,22-25H2,1-2H3/q+2/t30-/m0/s1. The maximum absolute atomic E-state index is 2.94. The van der Waals surface area contributed by atoms with E-state index in [0.29, 0.717) is 5.52 Å². The SMILES string of the molecule is CCCC[P+]1(CCCC)CCCN2c3ccccc3[P+](c3ccccc3)(c3ccccc3)[C@@H]21. The molecule has 0 amide bonds. The first-order valence-corrected chi connectivity index (χ1v) is 17.3. The van der Waals surface area contributed by atoms with Gasteiger partial charge in [0.05, 0.1) is 31.4 Å². The first-order valence-electron chi connectivity index (χ1n) is 13.0. The fourth-order valence-electron chi connectivity index (χ4n) is 6.57. The van der Waals surface area contributed by atoms with Crippen molar-refractivity contribution in [1.82, 2.24) is 0 Å². The second kappa shape index (κ2) is 9.90. The Kier molecular flexibility index (Phi) is 6.92. The molecule has 0 radical (unpaired) electrons. The molecule has 0 aromatic heterocycles. The Morgan fingerprint density at radius 1 is 0.727 bits per heavy atom. The third kappa shape index (κ3) is 3.77. The number of anilines is 1. The number of fused-ring (bicyclic) bond motifs is 3. The number of unbranched alkanes of at least 4 members (excludes halogenated alkanes) is 2. The topological polar surface area (TPSA) is 3.24 Å². The predicted molar refractivity (Wildman–Crippen MR) is 152 cm³/mol. The van der Waals surface area contributed by atoms with Crippen molar-refractivity contribution in [2.45, 2.75) is 51.5 Å². The minimum atomic E-state index is -1.80. The van der Waals surface area contributed by atoms with Gasteiger partial charge in [0, 0.05) is 6.54 Å². The van der Waals surface area contributed by atoms with Crippen LogP contribution in [0.4, 0.5) is 5.69 Å². The summed E-state index contributed by atoms with van der Waals surface area (Å²) >= 11 is 0. The van der Waals surface area contributed by atoms with Gasteiger partial charge in [0.15, 0.2) is 7.26 Å². The summed E-state index contributed by atoms with van der Waals surface area (Å²) in [6.45, 7) is 6.00. The van der Waals surface area contributed by atoms with Crippen molar-refractivity contribution in [2.24, 2.45) is 0 Å². The van der Waals surface area contributed by atoms with Crippen molar-refractivity contribution in [3.8, 4) is 0 Å². The Morgan fingerprint density at radius 2 is 1.27 bits per heavy atom. The third-order valence-corrected chi connectivity index (χ3v) is 19.7. The quantitative estimate of drug-likeness (QED) is 0.314. The van der Waals surface area contributed by atoms with Gasteiger partial charge in [0.2, 0.25) is 0 Å². The molecule has 2 aliphatic heterocycles. The lowest BCUT2D eigenvalue weighted by molar-refractivity contribution is 0.759. The molecular weight excluding hydrogens is 436 g/mol. The maximum atomic E-state index is 2.94. The first-order chi connectivity index (χ1) is 16.3. The van der Waals surface area contributed by atoms with Crippen LogP contribution in [0, 0.1) is 0 Å². The number of para-hydroxylation sites is 1.